The van der Waals surface area contributed by atoms with Gasteiger partial charge in [0.15, 0.2) is 0 Å². The maximum atomic E-state index is 10.4. The van der Waals surface area contributed by atoms with Crippen molar-refractivity contribution in [3.05, 3.63) is 42.5 Å². The molecule has 0 radical (unpaired) electrons. The van der Waals surface area contributed by atoms with E-state index in [-0.39, 0.29) is 0 Å². The Morgan fingerprint density at radius 2 is 0.881 bits per heavy atom. The first-order chi connectivity index (χ1) is 20.0. The van der Waals surface area contributed by atoms with E-state index in [9.17, 15) is 30.3 Å². The van der Waals surface area contributed by atoms with Crippen LogP contribution in [0.3, 0.4) is 0 Å². The van der Waals surface area contributed by atoms with Crippen LogP contribution in [0.5, 0.6) is 5.75 Å². The Kier molecular flexibility index (Phi) is 15.1. The summed E-state index contributed by atoms with van der Waals surface area (Å²) in [6, 6.07) is 0.894. The summed E-state index contributed by atoms with van der Waals surface area (Å²) >= 11 is 0. The molecule has 2 saturated heterocycles. The van der Waals surface area contributed by atoms with Crippen LogP contribution in [-0.2, 0) is 0 Å². The Balaban J connectivity index is 0.000000330. The Morgan fingerprint density at radius 1 is 0.571 bits per heavy atom. The molecular formula is C30H53N5O7+2. The number of nitro benzene ring substituents is 3. The van der Waals surface area contributed by atoms with Gasteiger partial charge in [0.05, 0.1) is 80.3 Å². The molecule has 0 bridgehead atoms. The summed E-state index contributed by atoms with van der Waals surface area (Å²) < 4.78 is 2.74. The van der Waals surface area contributed by atoms with E-state index in [2.05, 4.69) is 14.1 Å². The van der Waals surface area contributed by atoms with E-state index in [4.69, 9.17) is 5.11 Å². The standard InChI is InChI=1S/C24H50N2.C6H3N3O7/c1-25(21-15-9-5-10-16-22-25)19-13-7-3-4-8-14-20-26(2)23-17-11-6-12-18-24-26;10-6-4(8(13)14)1-3(7(11)12)2-5(6)9(15)16/h3-24H2,1-2H3;1-2,10H/q+2;. The number of non-ortho nitro benzene ring substituents is 1. The lowest BCUT2D eigenvalue weighted by molar-refractivity contribution is -0.910. The number of nitrogens with zero attached hydrogens (tertiary/aromatic N) is 5. The van der Waals surface area contributed by atoms with Gasteiger partial charge in [-0.3, -0.25) is 30.3 Å². The van der Waals surface area contributed by atoms with Crippen LogP contribution in [0.2, 0.25) is 0 Å². The molecule has 0 unspecified atom stereocenters. The van der Waals surface area contributed by atoms with E-state index in [0.29, 0.717) is 12.1 Å². The molecule has 0 aliphatic carbocycles. The molecule has 2 heterocycles. The number of phenols is 1. The second-order valence-electron chi connectivity index (χ2n) is 12.8. The number of rotatable bonds is 12. The number of phenolic OH excluding ortho intramolecular Hbond substituents is 1. The molecule has 1 aromatic carbocycles. The van der Waals surface area contributed by atoms with Crippen molar-refractivity contribution < 1.29 is 28.8 Å². The highest BCUT2D eigenvalue weighted by atomic mass is 16.6. The van der Waals surface area contributed by atoms with Gasteiger partial charge < -0.3 is 14.1 Å². The van der Waals surface area contributed by atoms with Crippen molar-refractivity contribution in [1.82, 2.24) is 0 Å². The van der Waals surface area contributed by atoms with Gasteiger partial charge in [-0.2, -0.15) is 0 Å². The minimum Gasteiger partial charge on any atom is -0.497 e. The van der Waals surface area contributed by atoms with Crippen LogP contribution in [0.1, 0.15) is 103 Å². The lowest BCUT2D eigenvalue weighted by Crippen LogP contribution is -2.46. The zero-order chi connectivity index (χ0) is 31.0. The molecule has 1 N–H and O–H groups in total. The number of unbranched alkanes of at least 4 members (excludes halogenated alkanes) is 5. The fourth-order valence-electron chi connectivity index (χ4n) is 6.37. The van der Waals surface area contributed by atoms with E-state index >= 15 is 0 Å². The average Bonchev–Trinajstić information content (AvgIpc) is 2.90. The highest BCUT2D eigenvalue weighted by Crippen LogP contribution is 2.39. The average molecular weight is 596 g/mol. The Bertz CT molecular complexity index is 935. The predicted octanol–water partition coefficient (Wildman–Crippen LogP) is 7.27. The highest BCUT2D eigenvalue weighted by Gasteiger charge is 2.30. The van der Waals surface area contributed by atoms with Crippen molar-refractivity contribution >= 4 is 17.1 Å². The zero-order valence-corrected chi connectivity index (χ0v) is 25.8. The summed E-state index contributed by atoms with van der Waals surface area (Å²) in [6.07, 6.45) is 23.6. The smallest absolute Gasteiger partial charge is 0.324 e. The second kappa shape index (κ2) is 17.9. The third kappa shape index (κ3) is 12.6. The van der Waals surface area contributed by atoms with Gasteiger partial charge in [-0.05, 0) is 77.0 Å². The molecule has 0 atom stereocenters. The Labute approximate surface area is 250 Å². The van der Waals surface area contributed by atoms with Gasteiger partial charge >= 0.3 is 11.4 Å². The molecule has 2 aliphatic rings. The third-order valence-corrected chi connectivity index (χ3v) is 9.10. The van der Waals surface area contributed by atoms with Crippen LogP contribution in [-0.4, -0.2) is 82.2 Å². The molecule has 2 fully saturated rings. The van der Waals surface area contributed by atoms with Crippen LogP contribution in [0.25, 0.3) is 0 Å². The molecule has 42 heavy (non-hydrogen) atoms. The van der Waals surface area contributed by atoms with E-state index in [1.807, 2.05) is 0 Å². The summed E-state index contributed by atoms with van der Waals surface area (Å²) in [6.45, 7) is 8.64. The van der Waals surface area contributed by atoms with Crippen LogP contribution < -0.4 is 0 Å². The highest BCUT2D eigenvalue weighted by molar-refractivity contribution is 5.64. The van der Waals surface area contributed by atoms with Gasteiger partial charge in [0.25, 0.3) is 11.4 Å². The van der Waals surface area contributed by atoms with Gasteiger partial charge in [-0.15, -0.1) is 0 Å². The minimum absolute atomic E-state index is 0.447. The van der Waals surface area contributed by atoms with Crippen LogP contribution in [0, 0.1) is 30.3 Å². The molecule has 0 aromatic heterocycles. The van der Waals surface area contributed by atoms with Crippen LogP contribution in [0.4, 0.5) is 17.1 Å². The maximum Gasteiger partial charge on any atom is 0.324 e. The van der Waals surface area contributed by atoms with Crippen LogP contribution in [0.15, 0.2) is 12.1 Å². The topological polar surface area (TPSA) is 150 Å². The molecule has 0 amide bonds. The molecule has 12 heteroatoms. The van der Waals surface area contributed by atoms with Gasteiger partial charge in [0, 0.05) is 0 Å². The van der Waals surface area contributed by atoms with E-state index < -0.39 is 37.6 Å². The van der Waals surface area contributed by atoms with Crippen molar-refractivity contribution in [2.75, 3.05) is 53.4 Å². The number of nitro groups is 3. The first-order valence-electron chi connectivity index (χ1n) is 15.9. The first kappa shape index (κ1) is 35.3. The molecule has 238 valence electrons. The molecule has 0 saturated carbocycles. The molecule has 2 aliphatic heterocycles. The molecule has 0 spiro atoms. The largest absolute Gasteiger partial charge is 0.497 e. The Morgan fingerprint density at radius 3 is 1.19 bits per heavy atom. The number of hydrogen-bond donors (Lipinski definition) is 1. The monoisotopic (exact) mass is 595 g/mol. The molecular weight excluding hydrogens is 542 g/mol. The normalized spacial score (nSPS) is 18.7. The predicted molar refractivity (Wildman–Crippen MR) is 164 cm³/mol. The quantitative estimate of drug-likeness (QED) is 0.116. The minimum atomic E-state index is -1.21. The SMILES string of the molecule is C[N+]1(CCCCCCCC[N+]2(C)CCCCCCC2)CCCCCCC1.O=[N+]([O-])c1cc([N+](=O)[O-])c(O)c([N+](=O)[O-])c1. The van der Waals surface area contributed by atoms with Crippen molar-refractivity contribution in [3.63, 3.8) is 0 Å². The molecule has 1 aromatic rings. The number of benzene rings is 1. The van der Waals surface area contributed by atoms with E-state index in [0.717, 1.165) is 0 Å². The fourth-order valence-corrected chi connectivity index (χ4v) is 6.37. The van der Waals surface area contributed by atoms with E-state index in [1.54, 1.807) is 0 Å². The summed E-state index contributed by atoms with van der Waals surface area (Å²) in [5, 5.41) is 40.2. The van der Waals surface area contributed by atoms with Gasteiger partial charge in [-0.1, -0.05) is 25.7 Å². The summed E-state index contributed by atoms with van der Waals surface area (Å²) in [4.78, 5) is 27.8. The second-order valence-corrected chi connectivity index (χ2v) is 12.8. The van der Waals surface area contributed by atoms with Crippen molar-refractivity contribution in [1.29, 1.82) is 0 Å². The molecule has 12 nitrogen and oxygen atoms in total. The molecule has 3 rings (SSSR count). The number of likely N-dealkylation sites (tertiary alicyclic amines) is 2. The Hall–Kier alpha value is -2.86. The lowest BCUT2D eigenvalue weighted by Gasteiger charge is -2.36. The number of hydrogen-bond acceptors (Lipinski definition) is 7. The summed E-state index contributed by atoms with van der Waals surface area (Å²) in [5.74, 6) is -1.21. The van der Waals surface area contributed by atoms with Crippen molar-refractivity contribution in [3.8, 4) is 5.75 Å². The van der Waals surface area contributed by atoms with Gasteiger partial charge in [0.1, 0.15) is 0 Å². The maximum absolute atomic E-state index is 10.4. The van der Waals surface area contributed by atoms with Gasteiger partial charge in [0.2, 0.25) is 0 Å². The summed E-state index contributed by atoms with van der Waals surface area (Å²) in [5.41, 5.74) is -3.00. The summed E-state index contributed by atoms with van der Waals surface area (Å²) in [7, 11) is 5.05. The first-order valence-corrected chi connectivity index (χ1v) is 15.9. The van der Waals surface area contributed by atoms with Crippen LogP contribution >= 0.6 is 0 Å². The van der Waals surface area contributed by atoms with E-state index in [1.165, 1.54) is 151 Å². The fraction of sp³-hybridized carbons (Fsp3) is 0.800. The lowest BCUT2D eigenvalue weighted by atomic mass is 10.0. The number of quaternary nitrogens is 2. The number of aromatic hydroxyl groups is 1. The van der Waals surface area contributed by atoms with Gasteiger partial charge in [-0.25, -0.2) is 0 Å². The zero-order valence-electron chi connectivity index (χ0n) is 25.8. The van der Waals surface area contributed by atoms with Crippen molar-refractivity contribution in [2.24, 2.45) is 0 Å². The van der Waals surface area contributed by atoms with Crippen molar-refractivity contribution in [2.45, 2.75) is 103 Å². The third-order valence-electron chi connectivity index (χ3n) is 9.10.